The number of ether oxygens (including phenoxy) is 1. The molecule has 47 heavy (non-hydrogen) atoms. The standard InChI is InChI=1S/C31H27F6N5O4S/c1-17(2)41(15-29-30(33,34)18(3)40(29)4)25-10-7-20(21-11-24(32)23(16-43)28(13-21)47(44)45)12-26(25)42-27(14-38-39-42)19-5-8-22(9-6-19)46-31(35,36)37/h5-15,18,43,47H,1,16H2,2-4H3/b29-15-. The molecule has 0 aliphatic carbocycles. The van der Waals surface area contributed by atoms with Gasteiger partial charge in [-0.2, -0.15) is 8.78 Å². The maximum Gasteiger partial charge on any atom is 0.573 e. The highest BCUT2D eigenvalue weighted by atomic mass is 32.2. The average molecular weight is 680 g/mol. The van der Waals surface area contributed by atoms with Crippen LogP contribution in [0.2, 0.25) is 0 Å². The van der Waals surface area contributed by atoms with Gasteiger partial charge in [-0.3, -0.25) is 0 Å². The second kappa shape index (κ2) is 12.4. The van der Waals surface area contributed by atoms with E-state index in [2.05, 4.69) is 21.6 Å². The lowest BCUT2D eigenvalue weighted by Crippen LogP contribution is -2.59. The summed E-state index contributed by atoms with van der Waals surface area (Å²) in [4.78, 5) is 2.36. The minimum absolute atomic E-state index is 0.108. The van der Waals surface area contributed by atoms with Gasteiger partial charge in [0.1, 0.15) is 17.3 Å². The van der Waals surface area contributed by atoms with Crippen LogP contribution < -0.4 is 9.64 Å². The summed E-state index contributed by atoms with van der Waals surface area (Å²) in [6.45, 7) is 6.04. The first-order valence-electron chi connectivity index (χ1n) is 13.8. The SMILES string of the molecule is C=C(C)N(/C=C1\N(C)C(C)C1(F)F)c1ccc(-c2cc(F)c(CO)c([SH](=O)=O)c2)cc1-n1nncc1-c1ccc(OC(F)(F)F)cc1. The number of nitrogens with zero attached hydrogens (tertiary/aromatic N) is 5. The normalized spacial score (nSPS) is 16.8. The number of halogens is 6. The highest BCUT2D eigenvalue weighted by molar-refractivity contribution is 7.72. The van der Waals surface area contributed by atoms with E-state index in [4.69, 9.17) is 0 Å². The van der Waals surface area contributed by atoms with Crippen molar-refractivity contribution >= 4 is 16.4 Å². The van der Waals surface area contributed by atoms with Crippen LogP contribution in [-0.2, 0) is 17.3 Å². The fourth-order valence-corrected chi connectivity index (χ4v) is 5.78. The molecular weight excluding hydrogens is 652 g/mol. The number of likely N-dealkylation sites (tertiary alicyclic amines) is 1. The average Bonchev–Trinajstić information content (AvgIpc) is 3.49. The quantitative estimate of drug-likeness (QED) is 0.158. The lowest BCUT2D eigenvalue weighted by atomic mass is 9.96. The van der Waals surface area contributed by atoms with Gasteiger partial charge in [0.15, 0.2) is 10.7 Å². The predicted octanol–water partition coefficient (Wildman–Crippen LogP) is 6.25. The van der Waals surface area contributed by atoms with Crippen LogP contribution in [0.5, 0.6) is 5.75 Å². The number of alkyl halides is 5. The van der Waals surface area contributed by atoms with E-state index in [-0.39, 0.29) is 33.9 Å². The van der Waals surface area contributed by atoms with Crippen molar-refractivity contribution in [2.24, 2.45) is 0 Å². The summed E-state index contributed by atoms with van der Waals surface area (Å²) in [5.74, 6) is -4.59. The molecule has 3 aromatic carbocycles. The predicted molar refractivity (Wildman–Crippen MR) is 161 cm³/mol. The molecule has 2 heterocycles. The van der Waals surface area contributed by atoms with Crippen molar-refractivity contribution in [1.82, 2.24) is 19.9 Å². The van der Waals surface area contributed by atoms with Crippen LogP contribution in [0.4, 0.5) is 32.0 Å². The van der Waals surface area contributed by atoms with Gasteiger partial charge in [-0.25, -0.2) is 17.5 Å². The van der Waals surface area contributed by atoms with E-state index in [9.17, 15) is 39.9 Å². The zero-order valence-corrected chi connectivity index (χ0v) is 25.9. The molecular formula is C31H27F6N5O4S. The lowest BCUT2D eigenvalue weighted by Gasteiger charge is -2.48. The molecule has 0 saturated carbocycles. The Balaban J connectivity index is 1.72. The number of aliphatic hydroxyl groups is 1. The molecule has 4 aromatic rings. The Morgan fingerprint density at radius 1 is 1.11 bits per heavy atom. The Kier molecular flexibility index (Phi) is 8.85. The number of aromatic nitrogens is 3. The zero-order valence-electron chi connectivity index (χ0n) is 25.0. The van der Waals surface area contributed by atoms with E-state index in [1.54, 1.807) is 6.92 Å². The summed E-state index contributed by atoms with van der Waals surface area (Å²) in [7, 11) is -1.78. The van der Waals surface area contributed by atoms with E-state index in [0.717, 1.165) is 18.2 Å². The molecule has 0 spiro atoms. The minimum Gasteiger partial charge on any atom is -0.406 e. The molecule has 248 valence electrons. The minimum atomic E-state index is -4.90. The van der Waals surface area contributed by atoms with Crippen LogP contribution in [0.1, 0.15) is 19.4 Å². The Hall–Kier alpha value is -4.83. The van der Waals surface area contributed by atoms with Crippen LogP contribution in [-0.4, -0.2) is 58.8 Å². The first kappa shape index (κ1) is 33.5. The molecule has 0 bridgehead atoms. The van der Waals surface area contributed by atoms with Gasteiger partial charge in [-0.05, 0) is 73.5 Å². The smallest absolute Gasteiger partial charge is 0.406 e. The van der Waals surface area contributed by atoms with Gasteiger partial charge < -0.3 is 19.6 Å². The lowest BCUT2D eigenvalue weighted by molar-refractivity contribution is -0.274. The first-order chi connectivity index (χ1) is 22.0. The topological polar surface area (TPSA) is 101 Å². The van der Waals surface area contributed by atoms with Crippen molar-refractivity contribution in [3.05, 3.63) is 96.3 Å². The molecule has 5 rings (SSSR count). The molecule has 0 radical (unpaired) electrons. The van der Waals surface area contributed by atoms with Gasteiger partial charge >= 0.3 is 12.3 Å². The molecule has 1 aliphatic rings. The molecule has 0 amide bonds. The molecule has 16 heteroatoms. The number of allylic oxidation sites excluding steroid dienone is 1. The zero-order chi connectivity index (χ0) is 34.4. The number of aliphatic hydroxyl groups excluding tert-OH is 1. The maximum absolute atomic E-state index is 15.0. The summed E-state index contributed by atoms with van der Waals surface area (Å²) < 4.78 is 112. The number of anilines is 1. The second-order valence-corrected chi connectivity index (χ2v) is 11.7. The van der Waals surface area contributed by atoms with Gasteiger partial charge in [0, 0.05) is 30.1 Å². The Morgan fingerprint density at radius 2 is 1.77 bits per heavy atom. The van der Waals surface area contributed by atoms with Gasteiger partial charge in [-0.1, -0.05) is 17.9 Å². The first-order valence-corrected chi connectivity index (χ1v) is 15.0. The molecule has 1 atom stereocenters. The van der Waals surface area contributed by atoms with E-state index in [1.807, 2.05) is 0 Å². The van der Waals surface area contributed by atoms with Gasteiger partial charge in [0.2, 0.25) is 0 Å². The monoisotopic (exact) mass is 679 g/mol. The third kappa shape index (κ3) is 6.42. The molecule has 1 fully saturated rings. The number of hydrogen-bond acceptors (Lipinski definition) is 8. The number of thiol groups is 1. The third-order valence-corrected chi connectivity index (χ3v) is 8.54. The molecule has 1 aromatic heterocycles. The van der Waals surface area contributed by atoms with Crippen molar-refractivity contribution in [2.75, 3.05) is 11.9 Å². The third-order valence-electron chi connectivity index (χ3n) is 7.75. The van der Waals surface area contributed by atoms with E-state index < -0.39 is 57.7 Å². The summed E-state index contributed by atoms with van der Waals surface area (Å²) in [6, 6.07) is 10.5. The molecule has 1 aliphatic heterocycles. The van der Waals surface area contributed by atoms with Gasteiger partial charge in [0.25, 0.3) is 0 Å². The molecule has 1 saturated heterocycles. The highest BCUT2D eigenvalue weighted by Crippen LogP contribution is 2.45. The summed E-state index contributed by atoms with van der Waals surface area (Å²) in [6.07, 6.45) is -2.36. The number of benzene rings is 3. The highest BCUT2D eigenvalue weighted by Gasteiger charge is 2.55. The van der Waals surface area contributed by atoms with Crippen molar-refractivity contribution in [3.63, 3.8) is 0 Å². The van der Waals surface area contributed by atoms with Crippen molar-refractivity contribution in [2.45, 2.75) is 43.7 Å². The molecule has 1 N–H and O–H groups in total. The van der Waals surface area contributed by atoms with Crippen molar-refractivity contribution in [3.8, 4) is 33.8 Å². The maximum atomic E-state index is 15.0. The van der Waals surface area contributed by atoms with E-state index in [0.29, 0.717) is 11.3 Å². The number of rotatable bonds is 9. The second-order valence-electron chi connectivity index (χ2n) is 10.7. The molecule has 1 unspecified atom stereocenters. The summed E-state index contributed by atoms with van der Waals surface area (Å²) in [5.41, 5.74) is 1.05. The molecule has 9 nitrogen and oxygen atoms in total. The van der Waals surface area contributed by atoms with Gasteiger partial charge in [0.05, 0.1) is 40.8 Å². The Bertz CT molecular complexity index is 1950. The van der Waals surface area contributed by atoms with E-state index >= 15 is 0 Å². The fourth-order valence-electron chi connectivity index (χ4n) is 5.14. The van der Waals surface area contributed by atoms with E-state index in [1.165, 1.54) is 77.2 Å². The van der Waals surface area contributed by atoms with Crippen LogP contribution in [0, 0.1) is 5.82 Å². The summed E-state index contributed by atoms with van der Waals surface area (Å²) in [5, 5.41) is 17.7. The van der Waals surface area contributed by atoms with Crippen LogP contribution in [0.25, 0.3) is 28.1 Å². The fraction of sp³-hybridized carbons (Fsp3) is 0.226. The Labute approximate surface area is 266 Å². The van der Waals surface area contributed by atoms with Crippen molar-refractivity contribution < 1.29 is 44.6 Å². The van der Waals surface area contributed by atoms with Crippen LogP contribution >= 0.6 is 0 Å². The number of hydrogen-bond donors (Lipinski definition) is 2. The summed E-state index contributed by atoms with van der Waals surface area (Å²) >= 11 is 0. The van der Waals surface area contributed by atoms with Gasteiger partial charge in [-0.15, -0.1) is 18.3 Å². The van der Waals surface area contributed by atoms with Crippen LogP contribution in [0.3, 0.4) is 0 Å². The largest absolute Gasteiger partial charge is 0.573 e. The Morgan fingerprint density at radius 3 is 2.34 bits per heavy atom. The van der Waals surface area contributed by atoms with Crippen molar-refractivity contribution in [1.29, 1.82) is 0 Å². The van der Waals surface area contributed by atoms with Crippen LogP contribution in [0.15, 0.2) is 89.9 Å².